The van der Waals surface area contributed by atoms with Crippen molar-refractivity contribution < 1.29 is 76.5 Å². The average Bonchev–Trinajstić information content (AvgIpc) is 4.16. The Hall–Kier alpha value is -9.17. The van der Waals surface area contributed by atoms with Crippen LogP contribution in [0.3, 0.4) is 0 Å². The highest BCUT2D eigenvalue weighted by Gasteiger charge is 2.44. The maximum atomic E-state index is 15.5. The molecule has 81 heavy (non-hydrogen) atoms. The molecule has 0 saturated carbocycles. The Labute approximate surface area is 463 Å². The molecule has 26 heteroatoms. The van der Waals surface area contributed by atoms with Crippen molar-refractivity contribution in [2.24, 2.45) is 16.9 Å². The Morgan fingerprint density at radius 2 is 1.38 bits per heavy atom. The van der Waals surface area contributed by atoms with Crippen molar-refractivity contribution in [2.45, 2.75) is 90.3 Å². The number of primary amides is 1. The smallest absolute Gasteiger partial charge is 0.417 e. The number of ether oxygens (including phenoxy) is 1. The zero-order valence-corrected chi connectivity index (χ0v) is 44.8. The highest BCUT2D eigenvalue weighted by molar-refractivity contribution is 6.14. The van der Waals surface area contributed by atoms with Crippen LogP contribution in [0.4, 0.5) is 13.6 Å². The predicted octanol–water partition coefficient (Wildman–Crippen LogP) is 1.14. The van der Waals surface area contributed by atoms with E-state index in [4.69, 9.17) is 16.2 Å². The number of carboxylic acid groups (broad SMARTS) is 1. The number of imide groups is 2. The lowest BCUT2D eigenvalue weighted by atomic mass is 9.82. The van der Waals surface area contributed by atoms with Crippen LogP contribution in [0.25, 0.3) is 11.1 Å². The fraction of sp³-hybridized carbons (Fsp3) is 0.364. The van der Waals surface area contributed by atoms with Gasteiger partial charge in [0.2, 0.25) is 35.4 Å². The summed E-state index contributed by atoms with van der Waals surface area (Å²) >= 11 is 0. The number of hydrogen-bond acceptors (Lipinski definition) is 14. The Morgan fingerprint density at radius 1 is 0.778 bits per heavy atom. The molecule has 0 saturated heterocycles. The van der Waals surface area contributed by atoms with E-state index in [1.807, 2.05) is 12.1 Å². The summed E-state index contributed by atoms with van der Waals surface area (Å²) in [6.07, 6.45) is -1.12. The standard InChI is InChI=1S/C55H64F2N10O14/c1-32(58)50(76)63-40(25-43(59)69)53(79)67(54(80)81-31-34-13-9-6-10-14-34)42(26-48(74)75)52(78)62-39(51(77)61-21-20-60-44(70)29-66-45(71)17-18-46(66)72)19-22-65(47(73)30-68)49(55(2,3)4)41-23-35(37-24-36(56)15-16-38(37)57)28-64(41)27-33-11-7-5-8-12-33/h5-18,23-24,28,32,39-40,42,49,68H,19-22,25-27,29-31,58H2,1-4H3,(H2,59,69)(H,60,70)(H,61,77)(H,62,78)(H,63,76)(H,74,75)/t32-,39-,40+,42-,49-/m0/s1. The molecule has 432 valence electrons. The van der Waals surface area contributed by atoms with Crippen LogP contribution in [0.1, 0.15) is 69.8 Å². The fourth-order valence-electron chi connectivity index (χ4n) is 8.70. The topological polar surface area (TPSA) is 352 Å². The molecule has 5 atom stereocenters. The van der Waals surface area contributed by atoms with Gasteiger partial charge in [-0.25, -0.2) is 18.5 Å². The first kappa shape index (κ1) is 62.7. The second kappa shape index (κ2) is 28.6. The number of aliphatic hydroxyl groups excluding tert-OH is 1. The molecule has 5 rings (SSSR count). The first-order valence-corrected chi connectivity index (χ1v) is 25.4. The maximum absolute atomic E-state index is 15.5. The highest BCUT2D eigenvalue weighted by Crippen LogP contribution is 2.41. The number of aliphatic hydroxyl groups is 1. The summed E-state index contributed by atoms with van der Waals surface area (Å²) in [7, 11) is 0. The number of aliphatic carboxylic acids is 1. The van der Waals surface area contributed by atoms with Crippen LogP contribution in [0.15, 0.2) is 103 Å². The molecule has 0 unspecified atom stereocenters. The number of carbonyl (C=O) groups excluding carboxylic acids is 10. The Kier molecular flexibility index (Phi) is 22.2. The molecule has 1 aliphatic rings. The number of carboxylic acids is 1. The van der Waals surface area contributed by atoms with E-state index >= 15 is 4.39 Å². The number of rotatable bonds is 27. The summed E-state index contributed by atoms with van der Waals surface area (Å²) in [5.41, 5.74) is 11.7. The van der Waals surface area contributed by atoms with E-state index in [9.17, 15) is 67.3 Å². The fourth-order valence-corrected chi connectivity index (χ4v) is 8.70. The van der Waals surface area contributed by atoms with Gasteiger partial charge < -0.3 is 57.2 Å². The van der Waals surface area contributed by atoms with Crippen LogP contribution in [0.5, 0.6) is 0 Å². The number of nitrogens with two attached hydrogens (primary N) is 2. The van der Waals surface area contributed by atoms with E-state index in [1.54, 1.807) is 74.0 Å². The van der Waals surface area contributed by atoms with Crippen molar-refractivity contribution in [3.8, 4) is 11.1 Å². The molecular formula is C55H64F2N10O14. The van der Waals surface area contributed by atoms with Gasteiger partial charge in [-0.1, -0.05) is 81.4 Å². The number of halogens is 2. The van der Waals surface area contributed by atoms with Gasteiger partial charge in [-0.2, -0.15) is 0 Å². The SMILES string of the molecule is C[C@H](N)C(=O)N[C@H](CC(N)=O)C(=O)N(C(=O)OCc1ccccc1)[C@@H](CC(=O)O)C(=O)N[C@@H](CCN(C(=O)CO)[C@@H](c1cc(-c2cc(F)ccc2F)cn1Cc1ccccc1)C(C)(C)C)C(=O)NCCNC(=O)CN1C(=O)C=CC1=O. The molecule has 0 aliphatic carbocycles. The summed E-state index contributed by atoms with van der Waals surface area (Å²) in [6.45, 7) is 2.96. The molecule has 1 aromatic heterocycles. The number of benzene rings is 3. The van der Waals surface area contributed by atoms with Crippen molar-refractivity contribution in [2.75, 3.05) is 32.8 Å². The molecule has 0 fully saturated rings. The molecule has 4 aromatic rings. The van der Waals surface area contributed by atoms with Gasteiger partial charge in [0.25, 0.3) is 17.7 Å². The summed E-state index contributed by atoms with van der Waals surface area (Å²) in [5, 5.41) is 30.3. The van der Waals surface area contributed by atoms with Crippen molar-refractivity contribution in [1.82, 2.24) is 40.5 Å². The zero-order valence-electron chi connectivity index (χ0n) is 44.8. The van der Waals surface area contributed by atoms with Crippen molar-refractivity contribution >= 4 is 65.2 Å². The third-order valence-electron chi connectivity index (χ3n) is 12.5. The largest absolute Gasteiger partial charge is 0.481 e. The lowest BCUT2D eigenvalue weighted by Gasteiger charge is -2.41. The van der Waals surface area contributed by atoms with Gasteiger partial charge >= 0.3 is 12.1 Å². The van der Waals surface area contributed by atoms with Crippen molar-refractivity contribution in [3.63, 3.8) is 0 Å². The highest BCUT2D eigenvalue weighted by atomic mass is 19.1. The minimum Gasteiger partial charge on any atom is -0.481 e. The van der Waals surface area contributed by atoms with Crippen LogP contribution in [-0.4, -0.2) is 152 Å². The number of hydrogen-bond donors (Lipinski definition) is 8. The second-order valence-corrected chi connectivity index (χ2v) is 19.9. The van der Waals surface area contributed by atoms with E-state index in [1.165, 1.54) is 24.0 Å². The lowest BCUT2D eigenvalue weighted by molar-refractivity contribution is -0.148. The Balaban J connectivity index is 1.58. The minimum atomic E-state index is -2.44. The van der Waals surface area contributed by atoms with E-state index < -0.39 is 165 Å². The predicted molar refractivity (Wildman–Crippen MR) is 284 cm³/mol. The second-order valence-electron chi connectivity index (χ2n) is 19.9. The molecule has 1 aliphatic heterocycles. The van der Waals surface area contributed by atoms with Crippen LogP contribution in [0, 0.1) is 17.0 Å². The minimum absolute atomic E-state index is 0.0501. The normalized spacial score (nSPS) is 14.0. The van der Waals surface area contributed by atoms with Crippen molar-refractivity contribution in [3.05, 3.63) is 132 Å². The molecule has 0 bridgehead atoms. The van der Waals surface area contributed by atoms with E-state index in [2.05, 4.69) is 21.3 Å². The summed E-state index contributed by atoms with van der Waals surface area (Å²) in [4.78, 5) is 149. The van der Waals surface area contributed by atoms with Gasteiger partial charge in [0.05, 0.1) is 24.9 Å². The van der Waals surface area contributed by atoms with E-state index in [0.717, 1.165) is 35.9 Å². The summed E-state index contributed by atoms with van der Waals surface area (Å²) < 4.78 is 37.3. The van der Waals surface area contributed by atoms with Gasteiger partial charge in [0.1, 0.15) is 49.5 Å². The van der Waals surface area contributed by atoms with Gasteiger partial charge in [0, 0.05) is 61.3 Å². The molecule has 10 amide bonds. The molecule has 0 spiro atoms. The third kappa shape index (κ3) is 17.7. The van der Waals surface area contributed by atoms with Crippen LogP contribution < -0.4 is 32.7 Å². The van der Waals surface area contributed by atoms with E-state index in [0.29, 0.717) is 16.2 Å². The van der Waals surface area contributed by atoms with Gasteiger partial charge in [-0.05, 0) is 54.2 Å². The number of carbonyl (C=O) groups is 11. The molecule has 10 N–H and O–H groups in total. The van der Waals surface area contributed by atoms with Gasteiger partial charge in [-0.3, -0.25) is 52.8 Å². The first-order valence-electron chi connectivity index (χ1n) is 25.4. The molecule has 3 aromatic carbocycles. The van der Waals surface area contributed by atoms with Crippen LogP contribution >= 0.6 is 0 Å². The number of nitrogens with one attached hydrogen (secondary N) is 4. The van der Waals surface area contributed by atoms with Crippen LogP contribution in [-0.2, 0) is 65.8 Å². The van der Waals surface area contributed by atoms with Gasteiger partial charge in [-0.15, -0.1) is 0 Å². The quantitative estimate of drug-likeness (QED) is 0.0307. The third-order valence-corrected chi connectivity index (χ3v) is 12.5. The number of aromatic nitrogens is 1. The molecular weight excluding hydrogens is 1060 g/mol. The Bertz CT molecular complexity index is 3000. The monoisotopic (exact) mass is 1130 g/mol. The zero-order chi connectivity index (χ0) is 59.7. The number of nitrogens with zero attached hydrogens (tertiary/aromatic N) is 4. The average molecular weight is 1130 g/mol. The lowest BCUT2D eigenvalue weighted by Crippen LogP contribution is -2.61. The Morgan fingerprint density at radius 3 is 1.96 bits per heavy atom. The van der Waals surface area contributed by atoms with Crippen molar-refractivity contribution in [1.29, 1.82) is 0 Å². The summed E-state index contributed by atoms with van der Waals surface area (Å²) in [5.74, 6) is -12.9. The number of amides is 10. The van der Waals surface area contributed by atoms with Crippen LogP contribution in [0.2, 0.25) is 0 Å². The molecule has 2 heterocycles. The molecule has 24 nitrogen and oxygen atoms in total. The molecule has 0 radical (unpaired) electrons. The first-order chi connectivity index (χ1) is 38.3. The summed E-state index contributed by atoms with van der Waals surface area (Å²) in [6, 6.07) is 12.5. The maximum Gasteiger partial charge on any atom is 0.417 e. The van der Waals surface area contributed by atoms with E-state index in [-0.39, 0.29) is 29.1 Å². The van der Waals surface area contributed by atoms with Gasteiger partial charge in [0.15, 0.2) is 0 Å².